The minimum absolute atomic E-state index is 0.0135. The second-order valence-corrected chi connectivity index (χ2v) is 6.37. The Labute approximate surface area is 95.2 Å². The van der Waals surface area contributed by atoms with Crippen LogP contribution in [0.2, 0.25) is 0 Å². The van der Waals surface area contributed by atoms with Crippen LogP contribution in [-0.4, -0.2) is 31.1 Å². The maximum absolute atomic E-state index is 11.0. The fourth-order valence-corrected chi connectivity index (χ4v) is 3.28. The molecule has 2 N–H and O–H groups in total. The summed E-state index contributed by atoms with van der Waals surface area (Å²) in [6.07, 6.45) is 0. The Hall–Kier alpha value is -1.07. The van der Waals surface area contributed by atoms with Crippen molar-refractivity contribution in [1.82, 2.24) is 5.32 Å². The van der Waals surface area contributed by atoms with E-state index in [-0.39, 0.29) is 29.3 Å². The normalized spacial score (nSPS) is 21.3. The van der Waals surface area contributed by atoms with Gasteiger partial charge in [0.15, 0.2) is 9.84 Å². The standard InChI is InChI=1S/C11H15NO3S/c1-8(10-4-2-3-5-11(10)13)12-9-6-16(14,15)7-9/h2-5,8-9,12-13H,6-7H2,1H3. The molecule has 0 radical (unpaired) electrons. The Morgan fingerprint density at radius 3 is 2.56 bits per heavy atom. The summed E-state index contributed by atoms with van der Waals surface area (Å²) in [5, 5.41) is 12.8. The number of para-hydroxylation sites is 1. The summed E-state index contributed by atoms with van der Waals surface area (Å²) >= 11 is 0. The van der Waals surface area contributed by atoms with Crippen molar-refractivity contribution in [3.8, 4) is 5.75 Å². The zero-order valence-electron chi connectivity index (χ0n) is 9.05. The molecule has 16 heavy (non-hydrogen) atoms. The molecule has 0 spiro atoms. The largest absolute Gasteiger partial charge is 0.508 e. The molecule has 1 unspecified atom stereocenters. The van der Waals surface area contributed by atoms with Crippen LogP contribution in [0.15, 0.2) is 24.3 Å². The molecule has 1 atom stereocenters. The molecule has 0 saturated carbocycles. The molecule has 1 aromatic rings. The highest BCUT2D eigenvalue weighted by Gasteiger charge is 2.34. The molecule has 0 aromatic heterocycles. The van der Waals surface area contributed by atoms with E-state index < -0.39 is 9.84 Å². The molecule has 1 saturated heterocycles. The van der Waals surface area contributed by atoms with Gasteiger partial charge in [0.25, 0.3) is 0 Å². The van der Waals surface area contributed by atoms with Crippen LogP contribution in [0.3, 0.4) is 0 Å². The molecule has 2 rings (SSSR count). The number of phenols is 1. The van der Waals surface area contributed by atoms with Gasteiger partial charge >= 0.3 is 0 Å². The number of hydrogen-bond acceptors (Lipinski definition) is 4. The van der Waals surface area contributed by atoms with Gasteiger partial charge < -0.3 is 10.4 Å². The molecular formula is C11H15NO3S. The minimum Gasteiger partial charge on any atom is -0.508 e. The lowest BCUT2D eigenvalue weighted by Gasteiger charge is -2.30. The van der Waals surface area contributed by atoms with Gasteiger partial charge in [-0.05, 0) is 13.0 Å². The van der Waals surface area contributed by atoms with E-state index >= 15 is 0 Å². The molecule has 0 bridgehead atoms. The van der Waals surface area contributed by atoms with E-state index in [4.69, 9.17) is 0 Å². The SMILES string of the molecule is CC(NC1CS(=O)(=O)C1)c1ccccc1O. The zero-order chi connectivity index (χ0) is 11.8. The first-order valence-electron chi connectivity index (χ1n) is 5.22. The lowest BCUT2D eigenvalue weighted by molar-refractivity contribution is 0.433. The monoisotopic (exact) mass is 241 g/mol. The van der Waals surface area contributed by atoms with Crippen molar-refractivity contribution in [2.24, 2.45) is 0 Å². The van der Waals surface area contributed by atoms with Gasteiger partial charge in [-0.1, -0.05) is 18.2 Å². The van der Waals surface area contributed by atoms with Gasteiger partial charge in [0.05, 0.1) is 11.5 Å². The number of sulfone groups is 1. The number of benzene rings is 1. The molecule has 4 nitrogen and oxygen atoms in total. The first kappa shape index (κ1) is 11.4. The van der Waals surface area contributed by atoms with Crippen LogP contribution in [0.1, 0.15) is 18.5 Å². The van der Waals surface area contributed by atoms with Crippen molar-refractivity contribution in [3.05, 3.63) is 29.8 Å². The lowest BCUT2D eigenvalue weighted by Crippen LogP contribution is -2.51. The number of nitrogens with one attached hydrogen (secondary N) is 1. The van der Waals surface area contributed by atoms with Crippen molar-refractivity contribution in [2.75, 3.05) is 11.5 Å². The van der Waals surface area contributed by atoms with Crippen LogP contribution in [0.5, 0.6) is 5.75 Å². The lowest BCUT2D eigenvalue weighted by atomic mass is 10.1. The van der Waals surface area contributed by atoms with E-state index in [1.54, 1.807) is 12.1 Å². The van der Waals surface area contributed by atoms with Crippen LogP contribution in [0.25, 0.3) is 0 Å². The fraction of sp³-hybridized carbons (Fsp3) is 0.455. The summed E-state index contributed by atoms with van der Waals surface area (Å²) in [7, 11) is -2.79. The highest BCUT2D eigenvalue weighted by Crippen LogP contribution is 2.24. The van der Waals surface area contributed by atoms with E-state index in [1.807, 2.05) is 19.1 Å². The van der Waals surface area contributed by atoms with E-state index in [2.05, 4.69) is 5.32 Å². The molecular weight excluding hydrogens is 226 g/mol. The third-order valence-corrected chi connectivity index (χ3v) is 4.62. The summed E-state index contributed by atoms with van der Waals surface area (Å²) in [4.78, 5) is 0. The van der Waals surface area contributed by atoms with E-state index in [9.17, 15) is 13.5 Å². The molecule has 1 aromatic carbocycles. The Kier molecular flexibility index (Phi) is 2.90. The van der Waals surface area contributed by atoms with E-state index in [0.29, 0.717) is 0 Å². The number of aromatic hydroxyl groups is 1. The Balaban J connectivity index is 1.99. The van der Waals surface area contributed by atoms with Crippen molar-refractivity contribution in [1.29, 1.82) is 0 Å². The second-order valence-electron chi connectivity index (χ2n) is 4.22. The summed E-state index contributed by atoms with van der Waals surface area (Å²) in [6.45, 7) is 1.92. The third-order valence-electron chi connectivity index (χ3n) is 2.80. The minimum atomic E-state index is -2.79. The van der Waals surface area contributed by atoms with Gasteiger partial charge in [0, 0.05) is 17.6 Å². The van der Waals surface area contributed by atoms with Crippen molar-refractivity contribution >= 4 is 9.84 Å². The predicted octanol–water partition coefficient (Wildman–Crippen LogP) is 0.840. The smallest absolute Gasteiger partial charge is 0.153 e. The number of phenolic OH excluding ortho intramolecular Hbond substituents is 1. The van der Waals surface area contributed by atoms with Gasteiger partial charge in [-0.2, -0.15) is 0 Å². The van der Waals surface area contributed by atoms with E-state index in [0.717, 1.165) is 5.56 Å². The Morgan fingerprint density at radius 1 is 1.38 bits per heavy atom. The fourth-order valence-electron chi connectivity index (χ4n) is 1.96. The van der Waals surface area contributed by atoms with Crippen LogP contribution in [0, 0.1) is 0 Å². The molecule has 1 fully saturated rings. The molecule has 88 valence electrons. The van der Waals surface area contributed by atoms with Crippen molar-refractivity contribution < 1.29 is 13.5 Å². The molecule has 0 aliphatic carbocycles. The number of hydrogen-bond donors (Lipinski definition) is 2. The van der Waals surface area contributed by atoms with Gasteiger partial charge in [-0.15, -0.1) is 0 Å². The first-order valence-corrected chi connectivity index (χ1v) is 7.04. The van der Waals surface area contributed by atoms with Gasteiger partial charge in [-0.25, -0.2) is 8.42 Å². The average molecular weight is 241 g/mol. The predicted molar refractivity (Wildman–Crippen MR) is 62.1 cm³/mol. The van der Waals surface area contributed by atoms with Gasteiger partial charge in [0.2, 0.25) is 0 Å². The summed E-state index contributed by atoms with van der Waals surface area (Å²) in [6, 6.07) is 7.05. The summed E-state index contributed by atoms with van der Waals surface area (Å²) in [5.41, 5.74) is 0.798. The molecule has 1 aliphatic heterocycles. The number of rotatable bonds is 3. The zero-order valence-corrected chi connectivity index (χ0v) is 9.87. The summed E-state index contributed by atoms with van der Waals surface area (Å²) < 4.78 is 22.0. The second kappa shape index (κ2) is 4.07. The molecule has 5 heteroatoms. The Morgan fingerprint density at radius 2 is 2.00 bits per heavy atom. The van der Waals surface area contributed by atoms with Crippen LogP contribution < -0.4 is 5.32 Å². The molecule has 1 heterocycles. The maximum atomic E-state index is 11.0. The summed E-state index contributed by atoms with van der Waals surface area (Å²) in [5.74, 6) is 0.639. The maximum Gasteiger partial charge on any atom is 0.153 e. The molecule has 1 aliphatic rings. The van der Waals surface area contributed by atoms with E-state index in [1.165, 1.54) is 0 Å². The topological polar surface area (TPSA) is 66.4 Å². The van der Waals surface area contributed by atoms with Crippen LogP contribution in [-0.2, 0) is 9.84 Å². The van der Waals surface area contributed by atoms with Crippen molar-refractivity contribution in [3.63, 3.8) is 0 Å². The van der Waals surface area contributed by atoms with Gasteiger partial charge in [-0.3, -0.25) is 0 Å². The third kappa shape index (κ3) is 2.36. The van der Waals surface area contributed by atoms with Crippen molar-refractivity contribution in [2.45, 2.75) is 19.0 Å². The first-order chi connectivity index (χ1) is 7.48. The highest BCUT2D eigenvalue weighted by molar-refractivity contribution is 7.92. The molecule has 0 amide bonds. The quantitative estimate of drug-likeness (QED) is 0.823. The Bertz CT molecular complexity index is 472. The van der Waals surface area contributed by atoms with Crippen LogP contribution >= 0.6 is 0 Å². The average Bonchev–Trinajstić information content (AvgIpc) is 2.15. The van der Waals surface area contributed by atoms with Crippen LogP contribution in [0.4, 0.5) is 0 Å². The highest BCUT2D eigenvalue weighted by atomic mass is 32.2. The van der Waals surface area contributed by atoms with Gasteiger partial charge in [0.1, 0.15) is 5.75 Å².